The number of likely N-dealkylation sites (N-methyl/N-ethyl adjacent to an activating group) is 1. The minimum atomic E-state index is -0.00503. The van der Waals surface area contributed by atoms with E-state index in [-0.39, 0.29) is 42.5 Å². The molecule has 1 amide bonds. The molecule has 1 fully saturated rings. The molecule has 130 valence electrons. The van der Waals surface area contributed by atoms with Gasteiger partial charge in [0.15, 0.2) is 5.96 Å². The predicted octanol–water partition coefficient (Wildman–Crippen LogP) is 1.45. The zero-order valence-electron chi connectivity index (χ0n) is 14.2. The molecule has 0 bridgehead atoms. The summed E-state index contributed by atoms with van der Waals surface area (Å²) in [7, 11) is 3.48. The summed E-state index contributed by atoms with van der Waals surface area (Å²) in [6.07, 6.45) is 3.70. The molecule has 0 saturated carbocycles. The van der Waals surface area contributed by atoms with Crippen molar-refractivity contribution >= 4 is 35.8 Å². The summed E-state index contributed by atoms with van der Waals surface area (Å²) in [6.45, 7) is 6.84. The van der Waals surface area contributed by atoms with Crippen molar-refractivity contribution in [2.45, 2.75) is 39.2 Å². The summed E-state index contributed by atoms with van der Waals surface area (Å²) >= 11 is 0. The molecule has 0 aromatic heterocycles. The van der Waals surface area contributed by atoms with Gasteiger partial charge in [0.25, 0.3) is 0 Å². The molecule has 6 nitrogen and oxygen atoms in total. The van der Waals surface area contributed by atoms with Crippen LogP contribution in [0.3, 0.4) is 0 Å². The first-order chi connectivity index (χ1) is 9.99. The number of ether oxygens (including phenoxy) is 1. The molecule has 1 aliphatic rings. The first kappa shape index (κ1) is 21.4. The van der Waals surface area contributed by atoms with Gasteiger partial charge in [-0.05, 0) is 25.2 Å². The van der Waals surface area contributed by atoms with Crippen LogP contribution in [0.15, 0.2) is 4.99 Å². The molecule has 1 saturated heterocycles. The van der Waals surface area contributed by atoms with E-state index >= 15 is 0 Å². The van der Waals surface area contributed by atoms with Crippen LogP contribution in [0.4, 0.5) is 0 Å². The van der Waals surface area contributed by atoms with E-state index < -0.39 is 0 Å². The molecule has 1 rings (SSSR count). The number of nitrogens with one attached hydrogen (secondary N) is 2. The largest absolute Gasteiger partial charge is 0.376 e. The highest BCUT2D eigenvalue weighted by atomic mass is 127. The van der Waals surface area contributed by atoms with Crippen molar-refractivity contribution in [2.75, 3.05) is 40.3 Å². The third kappa shape index (κ3) is 9.45. The van der Waals surface area contributed by atoms with E-state index in [1.165, 1.54) is 6.42 Å². The van der Waals surface area contributed by atoms with E-state index in [1.807, 2.05) is 0 Å². The van der Waals surface area contributed by atoms with Gasteiger partial charge in [0.2, 0.25) is 5.91 Å². The number of carbonyl (C=O) groups is 1. The van der Waals surface area contributed by atoms with Gasteiger partial charge in [0.05, 0.1) is 6.10 Å². The zero-order valence-corrected chi connectivity index (χ0v) is 16.6. The summed E-state index contributed by atoms with van der Waals surface area (Å²) in [4.78, 5) is 17.5. The van der Waals surface area contributed by atoms with Gasteiger partial charge in [-0.25, -0.2) is 4.99 Å². The third-order valence-electron chi connectivity index (χ3n) is 3.32. The fraction of sp³-hybridized carbons (Fsp3) is 0.867. The molecule has 0 aromatic carbocycles. The highest BCUT2D eigenvalue weighted by molar-refractivity contribution is 14.0. The predicted molar refractivity (Wildman–Crippen MR) is 101 cm³/mol. The van der Waals surface area contributed by atoms with Crippen molar-refractivity contribution < 1.29 is 9.53 Å². The van der Waals surface area contributed by atoms with Gasteiger partial charge in [0, 0.05) is 33.8 Å². The summed E-state index contributed by atoms with van der Waals surface area (Å²) in [5.41, 5.74) is 0. The van der Waals surface area contributed by atoms with E-state index in [9.17, 15) is 4.79 Å². The molecule has 0 aliphatic carbocycles. The second-order valence-corrected chi connectivity index (χ2v) is 6.10. The highest BCUT2D eigenvalue weighted by Crippen LogP contribution is 2.11. The van der Waals surface area contributed by atoms with Crippen molar-refractivity contribution in [3.63, 3.8) is 0 Å². The number of hydrogen-bond donors (Lipinski definition) is 2. The third-order valence-corrected chi connectivity index (χ3v) is 3.32. The normalized spacial score (nSPS) is 18.6. The van der Waals surface area contributed by atoms with Gasteiger partial charge in [-0.3, -0.25) is 4.79 Å². The van der Waals surface area contributed by atoms with Crippen LogP contribution in [0.5, 0.6) is 0 Å². The highest BCUT2D eigenvalue weighted by Gasteiger charge is 2.14. The van der Waals surface area contributed by atoms with Crippen LogP contribution < -0.4 is 10.6 Å². The van der Waals surface area contributed by atoms with E-state index in [0.29, 0.717) is 11.9 Å². The van der Waals surface area contributed by atoms with Gasteiger partial charge >= 0.3 is 0 Å². The Hall–Kier alpha value is -0.570. The minimum Gasteiger partial charge on any atom is -0.376 e. The van der Waals surface area contributed by atoms with Crippen molar-refractivity contribution in [1.29, 1.82) is 0 Å². The number of nitrogens with zero attached hydrogens (tertiary/aromatic N) is 2. The maximum Gasteiger partial charge on any atom is 0.243 e. The summed E-state index contributed by atoms with van der Waals surface area (Å²) in [6, 6.07) is 0. The summed E-state index contributed by atoms with van der Waals surface area (Å²) in [5, 5.41) is 6.55. The molecule has 1 heterocycles. The van der Waals surface area contributed by atoms with Crippen molar-refractivity contribution in [3.05, 3.63) is 0 Å². The number of carbonyl (C=O) groups excluding carboxylic acids is 1. The summed E-state index contributed by atoms with van der Waals surface area (Å²) < 4.78 is 5.70. The molecule has 0 aromatic rings. The molecule has 1 atom stereocenters. The molecular weight excluding hydrogens is 395 g/mol. The Labute approximate surface area is 151 Å². The van der Waals surface area contributed by atoms with E-state index in [1.54, 1.807) is 19.0 Å². The van der Waals surface area contributed by atoms with Crippen LogP contribution in [0.2, 0.25) is 0 Å². The lowest BCUT2D eigenvalue weighted by Crippen LogP contribution is -2.44. The van der Waals surface area contributed by atoms with E-state index in [4.69, 9.17) is 4.74 Å². The Morgan fingerprint density at radius 3 is 2.59 bits per heavy atom. The minimum absolute atomic E-state index is 0. The van der Waals surface area contributed by atoms with Crippen LogP contribution in [-0.2, 0) is 9.53 Å². The first-order valence-corrected chi connectivity index (χ1v) is 7.83. The number of amides is 1. The SMILES string of the molecule is CC(C)CNC(=NCC(=O)N(C)C)NCC1CCCCO1.I. The van der Waals surface area contributed by atoms with Gasteiger partial charge in [0.1, 0.15) is 6.54 Å². The van der Waals surface area contributed by atoms with Crippen LogP contribution in [0.1, 0.15) is 33.1 Å². The lowest BCUT2D eigenvalue weighted by atomic mass is 10.1. The molecule has 22 heavy (non-hydrogen) atoms. The second-order valence-electron chi connectivity index (χ2n) is 6.10. The smallest absolute Gasteiger partial charge is 0.243 e. The lowest BCUT2D eigenvalue weighted by Gasteiger charge is -2.24. The number of hydrogen-bond acceptors (Lipinski definition) is 3. The molecular formula is C15H31IN4O2. The maximum atomic E-state index is 11.6. The monoisotopic (exact) mass is 426 g/mol. The Kier molecular flexibility index (Phi) is 11.6. The Bertz CT molecular complexity index is 342. The van der Waals surface area contributed by atoms with E-state index in [2.05, 4.69) is 29.5 Å². The Balaban J connectivity index is 0.00000441. The first-order valence-electron chi connectivity index (χ1n) is 7.83. The fourth-order valence-corrected chi connectivity index (χ4v) is 1.94. The lowest BCUT2D eigenvalue weighted by molar-refractivity contribution is -0.127. The quantitative estimate of drug-likeness (QED) is 0.384. The van der Waals surface area contributed by atoms with Crippen molar-refractivity contribution in [3.8, 4) is 0 Å². The second kappa shape index (κ2) is 11.9. The Morgan fingerprint density at radius 1 is 1.32 bits per heavy atom. The van der Waals surface area contributed by atoms with Gasteiger partial charge in [-0.2, -0.15) is 0 Å². The number of guanidine groups is 1. The van der Waals surface area contributed by atoms with Crippen LogP contribution in [-0.4, -0.2) is 63.2 Å². The van der Waals surface area contributed by atoms with E-state index in [0.717, 1.165) is 32.5 Å². The average Bonchev–Trinajstić information content (AvgIpc) is 2.46. The zero-order chi connectivity index (χ0) is 15.7. The van der Waals surface area contributed by atoms with Gasteiger partial charge < -0.3 is 20.3 Å². The van der Waals surface area contributed by atoms with Crippen LogP contribution in [0.25, 0.3) is 0 Å². The number of aliphatic imine (C=N–C) groups is 1. The van der Waals surface area contributed by atoms with Gasteiger partial charge in [-0.1, -0.05) is 13.8 Å². The molecule has 0 spiro atoms. The average molecular weight is 426 g/mol. The molecule has 1 aliphatic heterocycles. The number of rotatable bonds is 6. The van der Waals surface area contributed by atoms with Gasteiger partial charge in [-0.15, -0.1) is 24.0 Å². The molecule has 1 unspecified atom stereocenters. The van der Waals surface area contributed by atoms with Crippen LogP contribution >= 0.6 is 24.0 Å². The summed E-state index contributed by atoms with van der Waals surface area (Å²) in [5.74, 6) is 1.20. The maximum absolute atomic E-state index is 11.6. The Morgan fingerprint density at radius 2 is 2.05 bits per heavy atom. The topological polar surface area (TPSA) is 66.0 Å². The van der Waals surface area contributed by atoms with Crippen LogP contribution in [0, 0.1) is 5.92 Å². The number of halogens is 1. The van der Waals surface area contributed by atoms with Crippen molar-refractivity contribution in [2.24, 2.45) is 10.9 Å². The van der Waals surface area contributed by atoms with Crippen molar-refractivity contribution in [1.82, 2.24) is 15.5 Å². The fourth-order valence-electron chi connectivity index (χ4n) is 1.94. The molecule has 7 heteroatoms. The standard InChI is InChI=1S/C15H30N4O2.HI/c1-12(2)9-16-15(18-11-14(20)19(3)4)17-10-13-7-5-6-8-21-13;/h12-13H,5-11H2,1-4H3,(H2,16,17,18);1H. The molecule has 0 radical (unpaired) electrons. The molecule has 2 N–H and O–H groups in total.